The molecule has 0 radical (unpaired) electrons. The maximum atomic E-state index is 3.51. The normalized spacial score (nSPS) is 11.2. The fraction of sp³-hybridized carbons (Fsp3) is 0.600. The molecule has 0 atom stereocenters. The first-order chi connectivity index (χ1) is 11.3. The van der Waals surface area contributed by atoms with Crippen LogP contribution < -0.4 is 0 Å². The molecule has 0 amide bonds. The zero-order valence-corrected chi connectivity index (χ0v) is 17.5. The summed E-state index contributed by atoms with van der Waals surface area (Å²) in [5.41, 5.74) is 3.10. The van der Waals surface area contributed by atoms with Gasteiger partial charge in [-0.2, -0.15) is 0 Å². The third-order valence-electron chi connectivity index (χ3n) is 4.27. The Morgan fingerprint density at radius 3 is 2.52 bits per heavy atom. The minimum absolute atomic E-state index is 1.15. The van der Waals surface area contributed by atoms with Crippen LogP contribution in [0.1, 0.15) is 69.4 Å². The molecule has 2 rings (SSSR count). The zero-order chi connectivity index (χ0) is 16.3. The molecule has 2 heterocycles. The first kappa shape index (κ1) is 19.2. The van der Waals surface area contributed by atoms with Gasteiger partial charge >= 0.3 is 0 Å². The lowest BCUT2D eigenvalue weighted by molar-refractivity contribution is 0.668. The molecule has 0 spiro atoms. The third-order valence-corrected chi connectivity index (χ3v) is 6.95. The molecule has 0 nitrogen and oxygen atoms in total. The van der Waals surface area contributed by atoms with Crippen LogP contribution in [0.3, 0.4) is 0 Å². The van der Waals surface area contributed by atoms with E-state index in [9.17, 15) is 0 Å². The van der Waals surface area contributed by atoms with Crippen molar-refractivity contribution >= 4 is 38.6 Å². The van der Waals surface area contributed by atoms with Gasteiger partial charge in [0.2, 0.25) is 0 Å². The third kappa shape index (κ3) is 6.72. The molecule has 0 aliphatic heterocycles. The van der Waals surface area contributed by atoms with Crippen molar-refractivity contribution in [2.75, 3.05) is 5.33 Å². The van der Waals surface area contributed by atoms with Crippen molar-refractivity contribution in [2.24, 2.45) is 0 Å². The van der Waals surface area contributed by atoms with Crippen molar-refractivity contribution in [1.82, 2.24) is 0 Å². The number of halogens is 1. The van der Waals surface area contributed by atoms with E-state index in [2.05, 4.69) is 45.7 Å². The van der Waals surface area contributed by atoms with Crippen molar-refractivity contribution in [2.45, 2.75) is 71.1 Å². The topological polar surface area (TPSA) is 0 Å². The lowest BCUT2D eigenvalue weighted by atomic mass is 10.1. The van der Waals surface area contributed by atoms with Gasteiger partial charge in [0, 0.05) is 15.1 Å². The van der Waals surface area contributed by atoms with Crippen molar-refractivity contribution in [3.8, 4) is 9.75 Å². The standard InChI is InChI=1S/C20H29BrS2/c1-2-3-4-8-11-18-12-14-22-20(18)19-15-17(16-23-19)10-7-5-6-9-13-21/h12,14-16H,2-11,13H2,1H3. The van der Waals surface area contributed by atoms with E-state index in [0.717, 1.165) is 5.33 Å². The van der Waals surface area contributed by atoms with E-state index in [4.69, 9.17) is 0 Å². The highest BCUT2D eigenvalue weighted by molar-refractivity contribution is 9.09. The molecule has 2 aromatic heterocycles. The van der Waals surface area contributed by atoms with Gasteiger partial charge in [-0.05, 0) is 66.1 Å². The molecule has 3 heteroatoms. The number of thiophene rings is 2. The van der Waals surface area contributed by atoms with Crippen LogP contribution in [0, 0.1) is 0 Å². The summed E-state index contributed by atoms with van der Waals surface area (Å²) in [4.78, 5) is 3.01. The predicted octanol–water partition coefficient (Wildman–Crippen LogP) is 8.10. The first-order valence-corrected chi connectivity index (χ1v) is 11.9. The lowest BCUT2D eigenvalue weighted by Gasteiger charge is -2.02. The Morgan fingerprint density at radius 2 is 1.70 bits per heavy atom. The zero-order valence-electron chi connectivity index (χ0n) is 14.3. The molecule has 0 bridgehead atoms. The fourth-order valence-electron chi connectivity index (χ4n) is 2.89. The van der Waals surface area contributed by atoms with E-state index in [1.807, 2.05) is 22.7 Å². The van der Waals surface area contributed by atoms with E-state index in [-0.39, 0.29) is 0 Å². The second-order valence-corrected chi connectivity index (χ2v) is 8.88. The highest BCUT2D eigenvalue weighted by atomic mass is 79.9. The second-order valence-electron chi connectivity index (χ2n) is 6.26. The molecule has 23 heavy (non-hydrogen) atoms. The van der Waals surface area contributed by atoms with Gasteiger partial charge in [-0.1, -0.05) is 55.0 Å². The maximum Gasteiger partial charge on any atom is 0.0474 e. The summed E-state index contributed by atoms with van der Waals surface area (Å²) in [6.07, 6.45) is 13.3. The van der Waals surface area contributed by atoms with Gasteiger partial charge in [-0.25, -0.2) is 0 Å². The monoisotopic (exact) mass is 412 g/mol. The minimum atomic E-state index is 1.15. The summed E-state index contributed by atoms with van der Waals surface area (Å²) in [5, 5.41) is 5.79. The molecule has 0 saturated carbocycles. The molecular formula is C20H29BrS2. The number of hydrogen-bond acceptors (Lipinski definition) is 2. The van der Waals surface area contributed by atoms with E-state index in [1.165, 1.54) is 79.5 Å². The smallest absolute Gasteiger partial charge is 0.0474 e. The Kier molecular flexibility index (Phi) is 9.55. The van der Waals surface area contributed by atoms with Crippen LogP contribution in [0.5, 0.6) is 0 Å². The summed E-state index contributed by atoms with van der Waals surface area (Å²) in [6, 6.07) is 4.78. The van der Waals surface area contributed by atoms with E-state index >= 15 is 0 Å². The quantitative estimate of drug-likeness (QED) is 0.244. The molecule has 0 N–H and O–H groups in total. The average Bonchev–Trinajstić information content (AvgIpc) is 3.20. The van der Waals surface area contributed by atoms with Gasteiger partial charge in [-0.15, -0.1) is 22.7 Å². The highest BCUT2D eigenvalue weighted by Gasteiger charge is 2.09. The molecule has 0 aliphatic rings. The summed E-state index contributed by atoms with van der Waals surface area (Å²) in [7, 11) is 0. The van der Waals surface area contributed by atoms with Crippen molar-refractivity contribution < 1.29 is 0 Å². The molecule has 128 valence electrons. The predicted molar refractivity (Wildman–Crippen MR) is 111 cm³/mol. The summed E-state index contributed by atoms with van der Waals surface area (Å²) in [6.45, 7) is 2.28. The van der Waals surface area contributed by atoms with Crippen LogP contribution in [-0.4, -0.2) is 5.33 Å². The van der Waals surface area contributed by atoms with E-state index < -0.39 is 0 Å². The molecule has 0 aromatic carbocycles. The van der Waals surface area contributed by atoms with Crippen LogP contribution in [-0.2, 0) is 12.8 Å². The van der Waals surface area contributed by atoms with E-state index in [0.29, 0.717) is 0 Å². The molecule has 2 aromatic rings. The molecule has 0 aliphatic carbocycles. The van der Waals surface area contributed by atoms with Crippen molar-refractivity contribution in [1.29, 1.82) is 0 Å². The Hall–Kier alpha value is -0.120. The maximum absolute atomic E-state index is 3.51. The molecule has 0 fully saturated rings. The highest BCUT2D eigenvalue weighted by Crippen LogP contribution is 2.35. The Morgan fingerprint density at radius 1 is 0.913 bits per heavy atom. The number of hydrogen-bond donors (Lipinski definition) is 0. The fourth-order valence-corrected chi connectivity index (χ4v) is 5.37. The van der Waals surface area contributed by atoms with Gasteiger partial charge in [0.15, 0.2) is 0 Å². The number of alkyl halides is 1. The second kappa shape index (κ2) is 11.4. The Bertz CT molecular complexity index is 541. The van der Waals surface area contributed by atoms with Gasteiger partial charge in [0.05, 0.1) is 0 Å². The van der Waals surface area contributed by atoms with Gasteiger partial charge in [-0.3, -0.25) is 0 Å². The van der Waals surface area contributed by atoms with Crippen molar-refractivity contribution in [3.05, 3.63) is 34.0 Å². The van der Waals surface area contributed by atoms with Crippen LogP contribution in [0.2, 0.25) is 0 Å². The number of unbranched alkanes of at least 4 members (excludes halogenated alkanes) is 6. The first-order valence-electron chi connectivity index (χ1n) is 9.05. The Balaban J connectivity index is 1.84. The van der Waals surface area contributed by atoms with Crippen LogP contribution >= 0.6 is 38.6 Å². The SMILES string of the molecule is CCCCCCc1ccsc1-c1cc(CCCCCCBr)cs1. The van der Waals surface area contributed by atoms with Crippen molar-refractivity contribution in [3.63, 3.8) is 0 Å². The lowest BCUT2D eigenvalue weighted by Crippen LogP contribution is -1.86. The largest absolute Gasteiger partial charge is 0.143 e. The molecule has 0 unspecified atom stereocenters. The van der Waals surface area contributed by atoms with Crippen LogP contribution in [0.4, 0.5) is 0 Å². The molecular weight excluding hydrogens is 384 g/mol. The minimum Gasteiger partial charge on any atom is -0.143 e. The number of aryl methyl sites for hydroxylation is 2. The summed E-state index contributed by atoms with van der Waals surface area (Å²) in [5.74, 6) is 0. The van der Waals surface area contributed by atoms with Gasteiger partial charge in [0.25, 0.3) is 0 Å². The van der Waals surface area contributed by atoms with E-state index in [1.54, 1.807) is 5.56 Å². The van der Waals surface area contributed by atoms with Crippen LogP contribution in [0.25, 0.3) is 9.75 Å². The summed E-state index contributed by atoms with van der Waals surface area (Å²) < 4.78 is 0. The summed E-state index contributed by atoms with van der Waals surface area (Å²) >= 11 is 7.36. The van der Waals surface area contributed by atoms with Gasteiger partial charge in [0.1, 0.15) is 0 Å². The van der Waals surface area contributed by atoms with Gasteiger partial charge < -0.3 is 0 Å². The van der Waals surface area contributed by atoms with Crippen LogP contribution in [0.15, 0.2) is 22.9 Å². The Labute approximate surface area is 158 Å². The average molecular weight is 413 g/mol. The molecule has 0 saturated heterocycles. The number of rotatable bonds is 12.